The molecule has 3 heteroatoms. The van der Waals surface area contributed by atoms with Gasteiger partial charge in [0, 0.05) is 24.6 Å². The summed E-state index contributed by atoms with van der Waals surface area (Å²) in [4.78, 5) is 0. The van der Waals surface area contributed by atoms with E-state index in [2.05, 4.69) is 11.9 Å². The molecule has 0 aliphatic heterocycles. The molecule has 88 valence electrons. The molecule has 0 aliphatic carbocycles. The van der Waals surface area contributed by atoms with Crippen molar-refractivity contribution < 1.29 is 4.39 Å². The van der Waals surface area contributed by atoms with E-state index < -0.39 is 0 Å². The second-order valence-corrected chi connectivity index (χ2v) is 4.76. The van der Waals surface area contributed by atoms with Crippen molar-refractivity contribution in [2.75, 3.05) is 18.1 Å². The summed E-state index contributed by atoms with van der Waals surface area (Å²) >= 11 is 1.85. The monoisotopic (exact) mass is 239 g/mol. The number of hydrogen-bond acceptors (Lipinski definition) is 2. The summed E-state index contributed by atoms with van der Waals surface area (Å²) in [5, 5.41) is 3.34. The van der Waals surface area contributed by atoms with Crippen molar-refractivity contribution in [3.8, 4) is 0 Å². The summed E-state index contributed by atoms with van der Waals surface area (Å²) in [7, 11) is 0. The molecular formula is C13H18FNS. The Morgan fingerprint density at radius 1 is 1.50 bits per heavy atom. The second-order valence-electron chi connectivity index (χ2n) is 3.61. The molecule has 1 aromatic rings. The number of benzene rings is 1. The highest BCUT2D eigenvalue weighted by atomic mass is 32.2. The van der Waals surface area contributed by atoms with E-state index in [1.54, 1.807) is 6.07 Å². The maximum atomic E-state index is 12.8. The minimum absolute atomic E-state index is 0.164. The van der Waals surface area contributed by atoms with Crippen molar-refractivity contribution in [1.29, 1.82) is 0 Å². The molecule has 0 fully saturated rings. The topological polar surface area (TPSA) is 12.0 Å². The Balaban J connectivity index is 2.24. The van der Waals surface area contributed by atoms with E-state index in [0.717, 1.165) is 35.7 Å². The maximum absolute atomic E-state index is 12.8. The average Bonchev–Trinajstić information content (AvgIpc) is 2.26. The summed E-state index contributed by atoms with van der Waals surface area (Å²) in [6.07, 6.45) is 1.91. The van der Waals surface area contributed by atoms with Crippen LogP contribution in [0.15, 0.2) is 30.9 Å². The van der Waals surface area contributed by atoms with E-state index in [4.69, 9.17) is 0 Å². The van der Waals surface area contributed by atoms with E-state index in [-0.39, 0.29) is 5.82 Å². The van der Waals surface area contributed by atoms with E-state index in [1.165, 1.54) is 6.07 Å². The van der Waals surface area contributed by atoms with Gasteiger partial charge in [-0.1, -0.05) is 12.1 Å². The van der Waals surface area contributed by atoms with Crippen LogP contribution >= 0.6 is 11.8 Å². The Hall–Kier alpha value is -0.800. The van der Waals surface area contributed by atoms with Gasteiger partial charge in [-0.25, -0.2) is 4.39 Å². The highest BCUT2D eigenvalue weighted by Crippen LogP contribution is 2.09. The van der Waals surface area contributed by atoms with Gasteiger partial charge in [0.25, 0.3) is 0 Å². The van der Waals surface area contributed by atoms with E-state index >= 15 is 0 Å². The van der Waals surface area contributed by atoms with Gasteiger partial charge in [-0.15, -0.1) is 6.58 Å². The summed E-state index contributed by atoms with van der Waals surface area (Å²) in [6, 6.07) is 4.93. The lowest BCUT2D eigenvalue weighted by Crippen LogP contribution is -2.17. The Labute approximate surface area is 101 Å². The predicted octanol–water partition coefficient (Wildman–Crippen LogP) is 3.14. The molecule has 1 rings (SSSR count). The highest BCUT2D eigenvalue weighted by molar-refractivity contribution is 7.99. The first-order chi connectivity index (χ1) is 7.74. The van der Waals surface area contributed by atoms with Crippen LogP contribution in [0.25, 0.3) is 0 Å². The molecule has 1 N–H and O–H groups in total. The Kier molecular flexibility index (Phi) is 6.19. The lowest BCUT2D eigenvalue weighted by Gasteiger charge is -2.07. The van der Waals surface area contributed by atoms with Crippen LogP contribution in [0.3, 0.4) is 0 Å². The average molecular weight is 239 g/mol. The fraction of sp³-hybridized carbons (Fsp3) is 0.385. The number of thioether (sulfide) groups is 1. The third-order valence-corrected chi connectivity index (χ3v) is 3.24. The van der Waals surface area contributed by atoms with E-state index in [0.29, 0.717) is 0 Å². The summed E-state index contributed by atoms with van der Waals surface area (Å²) < 4.78 is 12.8. The number of hydrogen-bond donors (Lipinski definition) is 1. The fourth-order valence-electron chi connectivity index (χ4n) is 1.39. The molecular weight excluding hydrogens is 221 g/mol. The normalized spacial score (nSPS) is 10.4. The van der Waals surface area contributed by atoms with Crippen LogP contribution in [-0.4, -0.2) is 18.1 Å². The molecule has 0 unspecified atom stereocenters. The van der Waals surface area contributed by atoms with Crippen LogP contribution in [0.2, 0.25) is 0 Å². The first-order valence-electron chi connectivity index (χ1n) is 5.38. The summed E-state index contributed by atoms with van der Waals surface area (Å²) in [5.74, 6) is 1.91. The van der Waals surface area contributed by atoms with Crippen molar-refractivity contribution >= 4 is 11.8 Å². The quantitative estimate of drug-likeness (QED) is 0.579. The van der Waals surface area contributed by atoms with Crippen molar-refractivity contribution in [3.05, 3.63) is 47.8 Å². The Morgan fingerprint density at radius 2 is 2.31 bits per heavy atom. The van der Waals surface area contributed by atoms with Crippen molar-refractivity contribution in [2.45, 2.75) is 13.5 Å². The van der Waals surface area contributed by atoms with Gasteiger partial charge in [0.1, 0.15) is 5.82 Å². The number of halogens is 1. The summed E-state index contributed by atoms with van der Waals surface area (Å²) in [5.41, 5.74) is 2.17. The van der Waals surface area contributed by atoms with Crippen molar-refractivity contribution in [2.24, 2.45) is 0 Å². The molecule has 0 aliphatic rings. The lowest BCUT2D eigenvalue weighted by atomic mass is 10.1. The van der Waals surface area contributed by atoms with Crippen LogP contribution < -0.4 is 5.32 Å². The molecule has 0 bridgehead atoms. The Bertz CT molecular complexity index is 339. The summed E-state index contributed by atoms with van der Waals surface area (Å²) in [6.45, 7) is 7.38. The molecule has 0 atom stereocenters. The third-order valence-electron chi connectivity index (χ3n) is 2.28. The molecule has 1 aromatic carbocycles. The third kappa shape index (κ3) is 4.81. The fourth-order valence-corrected chi connectivity index (χ4v) is 2.01. The van der Waals surface area contributed by atoms with Gasteiger partial charge < -0.3 is 5.32 Å². The molecule has 0 aromatic heterocycles. The zero-order valence-corrected chi connectivity index (χ0v) is 10.4. The molecule has 0 radical (unpaired) electrons. The zero-order valence-electron chi connectivity index (χ0n) is 9.63. The minimum atomic E-state index is -0.164. The van der Waals surface area contributed by atoms with Gasteiger partial charge in [-0.2, -0.15) is 11.8 Å². The van der Waals surface area contributed by atoms with Crippen LogP contribution in [0, 0.1) is 12.7 Å². The standard InChI is InChI=1S/C13H18FNS/c1-3-7-16-8-6-15-10-12-4-5-13(14)9-11(12)2/h3-5,9,15H,1,6-8,10H2,2H3. The lowest BCUT2D eigenvalue weighted by molar-refractivity contribution is 0.624. The van der Waals surface area contributed by atoms with Crippen molar-refractivity contribution in [3.63, 3.8) is 0 Å². The molecule has 0 amide bonds. The first-order valence-corrected chi connectivity index (χ1v) is 6.54. The largest absolute Gasteiger partial charge is 0.312 e. The van der Waals surface area contributed by atoms with Gasteiger partial charge in [0.15, 0.2) is 0 Å². The molecule has 0 heterocycles. The van der Waals surface area contributed by atoms with Crippen molar-refractivity contribution in [1.82, 2.24) is 5.32 Å². The van der Waals surface area contributed by atoms with Gasteiger partial charge >= 0.3 is 0 Å². The van der Waals surface area contributed by atoms with Gasteiger partial charge in [0.2, 0.25) is 0 Å². The number of nitrogens with one attached hydrogen (secondary N) is 1. The Morgan fingerprint density at radius 3 is 3.00 bits per heavy atom. The SMILES string of the molecule is C=CCSCCNCc1ccc(F)cc1C. The number of aryl methyl sites for hydroxylation is 1. The second kappa shape index (κ2) is 7.47. The molecule has 0 saturated heterocycles. The number of rotatable bonds is 7. The zero-order chi connectivity index (χ0) is 11.8. The van der Waals surface area contributed by atoms with Crippen LogP contribution in [0.1, 0.15) is 11.1 Å². The van der Waals surface area contributed by atoms with Crippen LogP contribution in [0.4, 0.5) is 4.39 Å². The van der Waals surface area contributed by atoms with Gasteiger partial charge in [-0.05, 0) is 30.2 Å². The predicted molar refractivity (Wildman–Crippen MR) is 70.4 cm³/mol. The van der Waals surface area contributed by atoms with E-state index in [9.17, 15) is 4.39 Å². The smallest absolute Gasteiger partial charge is 0.123 e. The van der Waals surface area contributed by atoms with Crippen LogP contribution in [-0.2, 0) is 6.54 Å². The maximum Gasteiger partial charge on any atom is 0.123 e. The minimum Gasteiger partial charge on any atom is -0.312 e. The van der Waals surface area contributed by atoms with Crippen LogP contribution in [0.5, 0.6) is 0 Å². The van der Waals surface area contributed by atoms with Gasteiger partial charge in [0.05, 0.1) is 0 Å². The molecule has 16 heavy (non-hydrogen) atoms. The van der Waals surface area contributed by atoms with E-state index in [1.807, 2.05) is 30.8 Å². The molecule has 1 nitrogen and oxygen atoms in total. The van der Waals surface area contributed by atoms with Gasteiger partial charge in [-0.3, -0.25) is 0 Å². The molecule has 0 spiro atoms. The highest BCUT2D eigenvalue weighted by Gasteiger charge is 1.99. The molecule has 0 saturated carbocycles. The first kappa shape index (κ1) is 13.3.